The molecular weight excluding hydrogens is 295 g/mol. The number of nitrogens with zero attached hydrogens (tertiary/aromatic N) is 4. The maximum absolute atomic E-state index is 9.01. The van der Waals surface area contributed by atoms with Crippen LogP contribution in [0.2, 0.25) is 10.3 Å². The zero-order chi connectivity index (χ0) is 14.3. The smallest absolute Gasteiger partial charge is 0.176 e. The number of nitriles is 1. The van der Waals surface area contributed by atoms with E-state index < -0.39 is 0 Å². The highest BCUT2D eigenvalue weighted by Crippen LogP contribution is 2.35. The van der Waals surface area contributed by atoms with Gasteiger partial charge in [-0.2, -0.15) is 10.4 Å². The Kier molecular flexibility index (Phi) is 3.09. The molecule has 1 aromatic carbocycles. The summed E-state index contributed by atoms with van der Waals surface area (Å²) in [6, 6.07) is 9.75. The lowest BCUT2D eigenvalue weighted by Gasteiger charge is -2.10. The van der Waals surface area contributed by atoms with Gasteiger partial charge in [-0.25, -0.2) is 9.50 Å². The van der Waals surface area contributed by atoms with Gasteiger partial charge in [-0.1, -0.05) is 47.5 Å². The normalized spacial score (nSPS) is 10.7. The van der Waals surface area contributed by atoms with E-state index in [1.807, 2.05) is 37.3 Å². The van der Waals surface area contributed by atoms with Gasteiger partial charge in [0.05, 0.1) is 11.8 Å². The van der Waals surface area contributed by atoms with Crippen molar-refractivity contribution in [1.29, 1.82) is 5.26 Å². The van der Waals surface area contributed by atoms with Crippen LogP contribution in [-0.2, 0) is 0 Å². The minimum atomic E-state index is 0.258. The summed E-state index contributed by atoms with van der Waals surface area (Å²) in [5.41, 5.74) is 3.24. The van der Waals surface area contributed by atoms with E-state index in [0.717, 1.165) is 11.1 Å². The molecule has 0 bridgehead atoms. The van der Waals surface area contributed by atoms with Crippen LogP contribution in [0.3, 0.4) is 0 Å². The summed E-state index contributed by atoms with van der Waals surface area (Å²) in [4.78, 5) is 4.24. The van der Waals surface area contributed by atoms with Gasteiger partial charge in [0.25, 0.3) is 0 Å². The fraction of sp³-hybridized carbons (Fsp3) is 0.0714. The summed E-state index contributed by atoms with van der Waals surface area (Å²) in [6.45, 7) is 1.97. The topological polar surface area (TPSA) is 54.0 Å². The Hall–Kier alpha value is -2.09. The molecule has 3 rings (SSSR count). The average molecular weight is 303 g/mol. The fourth-order valence-electron chi connectivity index (χ4n) is 2.09. The SMILES string of the molecule is Cc1ccccc1-c1c(Cl)nc2c(C#N)cnn2c1Cl. The van der Waals surface area contributed by atoms with E-state index in [0.29, 0.717) is 21.9 Å². The summed E-state index contributed by atoms with van der Waals surface area (Å²) in [7, 11) is 0. The number of rotatable bonds is 1. The number of halogens is 2. The van der Waals surface area contributed by atoms with Gasteiger partial charge < -0.3 is 0 Å². The summed E-state index contributed by atoms with van der Waals surface area (Å²) in [5, 5.41) is 13.7. The number of aromatic nitrogens is 3. The lowest BCUT2D eigenvalue weighted by molar-refractivity contribution is 0.942. The van der Waals surface area contributed by atoms with Crippen LogP contribution in [0, 0.1) is 18.3 Å². The number of aryl methyl sites for hydroxylation is 1. The van der Waals surface area contributed by atoms with Crippen molar-refractivity contribution in [1.82, 2.24) is 14.6 Å². The van der Waals surface area contributed by atoms with E-state index in [1.165, 1.54) is 10.7 Å². The molecule has 4 nitrogen and oxygen atoms in total. The first-order valence-electron chi connectivity index (χ1n) is 5.82. The fourth-order valence-corrected chi connectivity index (χ4v) is 2.72. The summed E-state index contributed by atoms with van der Waals surface area (Å²) in [5.74, 6) is 0. The third kappa shape index (κ3) is 1.83. The summed E-state index contributed by atoms with van der Waals surface area (Å²) >= 11 is 12.6. The highest BCUT2D eigenvalue weighted by Gasteiger charge is 2.18. The number of fused-ring (bicyclic) bond motifs is 1. The molecule has 20 heavy (non-hydrogen) atoms. The van der Waals surface area contributed by atoms with Crippen LogP contribution in [0.25, 0.3) is 16.8 Å². The highest BCUT2D eigenvalue weighted by molar-refractivity contribution is 6.38. The van der Waals surface area contributed by atoms with Crippen molar-refractivity contribution in [3.63, 3.8) is 0 Å². The van der Waals surface area contributed by atoms with Crippen molar-refractivity contribution in [2.24, 2.45) is 0 Å². The first-order valence-corrected chi connectivity index (χ1v) is 6.58. The third-order valence-electron chi connectivity index (χ3n) is 3.08. The Morgan fingerprint density at radius 3 is 2.70 bits per heavy atom. The lowest BCUT2D eigenvalue weighted by Crippen LogP contribution is -1.98. The molecule has 3 aromatic rings. The van der Waals surface area contributed by atoms with Gasteiger partial charge in [-0.3, -0.25) is 0 Å². The van der Waals surface area contributed by atoms with Gasteiger partial charge in [-0.15, -0.1) is 0 Å². The van der Waals surface area contributed by atoms with Crippen molar-refractivity contribution < 1.29 is 0 Å². The number of benzene rings is 1. The Bertz CT molecular complexity index is 861. The molecule has 0 saturated carbocycles. The molecule has 0 spiro atoms. The molecule has 0 radical (unpaired) electrons. The van der Waals surface area contributed by atoms with Crippen LogP contribution in [0.4, 0.5) is 0 Å². The van der Waals surface area contributed by atoms with E-state index in [4.69, 9.17) is 28.5 Å². The molecule has 0 aliphatic heterocycles. The van der Waals surface area contributed by atoms with Gasteiger partial charge in [0.15, 0.2) is 5.65 Å². The lowest BCUT2D eigenvalue weighted by atomic mass is 10.0. The first kappa shape index (κ1) is 12.9. The molecule has 2 heterocycles. The second-order valence-corrected chi connectivity index (χ2v) is 5.00. The second kappa shape index (κ2) is 4.78. The van der Waals surface area contributed by atoms with E-state index in [1.54, 1.807) is 0 Å². The average Bonchev–Trinajstić information content (AvgIpc) is 2.84. The minimum Gasteiger partial charge on any atom is -0.215 e. The highest BCUT2D eigenvalue weighted by atomic mass is 35.5. The van der Waals surface area contributed by atoms with E-state index >= 15 is 0 Å². The van der Waals surface area contributed by atoms with Crippen LogP contribution < -0.4 is 0 Å². The Balaban J connectivity index is 2.39. The van der Waals surface area contributed by atoms with Gasteiger partial charge in [0.2, 0.25) is 0 Å². The summed E-state index contributed by atoms with van der Waals surface area (Å²) < 4.78 is 1.42. The standard InChI is InChI=1S/C14H8Cl2N4/c1-8-4-2-3-5-10(8)11-12(15)19-14-9(6-17)7-18-20(14)13(11)16/h2-5,7H,1H3. The molecule has 0 unspecified atom stereocenters. The molecular formula is C14H8Cl2N4. The maximum atomic E-state index is 9.01. The van der Waals surface area contributed by atoms with Crippen molar-refractivity contribution >= 4 is 28.8 Å². The molecule has 0 aliphatic rings. The Morgan fingerprint density at radius 2 is 2.00 bits per heavy atom. The van der Waals surface area contributed by atoms with Crippen LogP contribution in [0.15, 0.2) is 30.5 Å². The van der Waals surface area contributed by atoms with E-state index in [-0.39, 0.29) is 5.15 Å². The van der Waals surface area contributed by atoms with Crippen LogP contribution in [0.5, 0.6) is 0 Å². The van der Waals surface area contributed by atoms with E-state index in [2.05, 4.69) is 10.1 Å². The number of hydrogen-bond donors (Lipinski definition) is 0. The Labute approximate surface area is 125 Å². The predicted molar refractivity (Wildman–Crippen MR) is 77.9 cm³/mol. The van der Waals surface area contributed by atoms with Crippen LogP contribution >= 0.6 is 23.2 Å². The molecule has 0 aliphatic carbocycles. The molecule has 2 aromatic heterocycles. The molecule has 6 heteroatoms. The maximum Gasteiger partial charge on any atom is 0.176 e. The quantitative estimate of drug-likeness (QED) is 0.641. The molecule has 0 atom stereocenters. The zero-order valence-electron chi connectivity index (χ0n) is 10.4. The van der Waals surface area contributed by atoms with Gasteiger partial charge >= 0.3 is 0 Å². The third-order valence-corrected chi connectivity index (χ3v) is 3.70. The minimum absolute atomic E-state index is 0.258. The van der Waals surface area contributed by atoms with Crippen LogP contribution in [-0.4, -0.2) is 14.6 Å². The van der Waals surface area contributed by atoms with Crippen molar-refractivity contribution in [2.75, 3.05) is 0 Å². The monoisotopic (exact) mass is 302 g/mol. The van der Waals surface area contributed by atoms with Crippen LogP contribution in [0.1, 0.15) is 11.1 Å². The Morgan fingerprint density at radius 1 is 1.25 bits per heavy atom. The molecule has 0 fully saturated rings. The van der Waals surface area contributed by atoms with Gasteiger partial charge in [0.1, 0.15) is 21.9 Å². The van der Waals surface area contributed by atoms with E-state index in [9.17, 15) is 0 Å². The molecule has 0 N–H and O–H groups in total. The predicted octanol–water partition coefficient (Wildman–Crippen LogP) is 3.88. The number of hydrogen-bond acceptors (Lipinski definition) is 3. The van der Waals surface area contributed by atoms with Gasteiger partial charge in [-0.05, 0) is 18.1 Å². The largest absolute Gasteiger partial charge is 0.215 e. The van der Waals surface area contributed by atoms with Gasteiger partial charge in [0, 0.05) is 0 Å². The molecule has 0 amide bonds. The zero-order valence-corrected chi connectivity index (χ0v) is 11.9. The first-order chi connectivity index (χ1) is 9.63. The second-order valence-electron chi connectivity index (χ2n) is 4.29. The van der Waals surface area contributed by atoms with Crippen molar-refractivity contribution in [3.8, 4) is 17.2 Å². The van der Waals surface area contributed by atoms with Crippen molar-refractivity contribution in [2.45, 2.75) is 6.92 Å². The molecule has 98 valence electrons. The molecule has 0 saturated heterocycles. The summed E-state index contributed by atoms with van der Waals surface area (Å²) in [6.07, 6.45) is 1.42. The van der Waals surface area contributed by atoms with Crippen molar-refractivity contribution in [3.05, 3.63) is 51.9 Å².